The van der Waals surface area contributed by atoms with Gasteiger partial charge in [-0.1, -0.05) is 6.92 Å². The van der Waals surface area contributed by atoms with Crippen LogP contribution in [0.5, 0.6) is 0 Å². The summed E-state index contributed by atoms with van der Waals surface area (Å²) in [5.41, 5.74) is 5.32. The van der Waals surface area contributed by atoms with E-state index in [4.69, 9.17) is 10.5 Å². The van der Waals surface area contributed by atoms with Crippen molar-refractivity contribution in [3.05, 3.63) is 0 Å². The molecule has 0 aromatic rings. The van der Waals surface area contributed by atoms with Gasteiger partial charge in [-0.05, 0) is 19.4 Å². The molecule has 1 aliphatic heterocycles. The van der Waals surface area contributed by atoms with Crippen molar-refractivity contribution >= 4 is 5.91 Å². The highest BCUT2D eigenvalue weighted by atomic mass is 16.5. The highest BCUT2D eigenvalue weighted by Crippen LogP contribution is 2.02. The van der Waals surface area contributed by atoms with Crippen LogP contribution in [0, 0.1) is 0 Å². The number of amides is 1. The summed E-state index contributed by atoms with van der Waals surface area (Å²) in [4.78, 5) is 13.5. The van der Waals surface area contributed by atoms with Crippen molar-refractivity contribution in [2.24, 2.45) is 5.73 Å². The van der Waals surface area contributed by atoms with Crippen LogP contribution in [0.4, 0.5) is 0 Å². The maximum atomic E-state index is 11.1. The van der Waals surface area contributed by atoms with Crippen molar-refractivity contribution < 1.29 is 9.53 Å². The normalized spacial score (nSPS) is 20.3. The van der Waals surface area contributed by atoms with Crippen LogP contribution < -0.4 is 11.1 Å². The lowest BCUT2D eigenvalue weighted by Crippen LogP contribution is -2.43. The number of hydrogen-bond donors (Lipinski definition) is 2. The van der Waals surface area contributed by atoms with Crippen LogP contribution in [0.3, 0.4) is 0 Å². The van der Waals surface area contributed by atoms with Crippen LogP contribution in [0.15, 0.2) is 0 Å². The molecule has 1 saturated heterocycles. The smallest absolute Gasteiger partial charge is 0.234 e. The lowest BCUT2D eigenvalue weighted by Gasteiger charge is -2.22. The summed E-state index contributed by atoms with van der Waals surface area (Å²) in [6.07, 6.45) is 1.85. The van der Waals surface area contributed by atoms with Crippen LogP contribution >= 0.6 is 0 Å². The number of carbonyl (C=O) groups is 1. The van der Waals surface area contributed by atoms with Crippen molar-refractivity contribution in [3.63, 3.8) is 0 Å². The monoisotopic (exact) mass is 229 g/mol. The second-order valence-electron chi connectivity index (χ2n) is 4.11. The number of nitrogens with two attached hydrogens (primary N) is 1. The van der Waals surface area contributed by atoms with Crippen molar-refractivity contribution in [1.29, 1.82) is 0 Å². The first-order valence-electron chi connectivity index (χ1n) is 6.07. The summed E-state index contributed by atoms with van der Waals surface area (Å²) in [6.45, 7) is 7.32. The van der Waals surface area contributed by atoms with Crippen molar-refractivity contribution in [2.75, 3.05) is 39.4 Å². The van der Waals surface area contributed by atoms with E-state index >= 15 is 0 Å². The average molecular weight is 229 g/mol. The summed E-state index contributed by atoms with van der Waals surface area (Å²) in [7, 11) is 0. The minimum atomic E-state index is -0.257. The molecule has 94 valence electrons. The first kappa shape index (κ1) is 13.4. The fourth-order valence-corrected chi connectivity index (χ4v) is 1.92. The third-order valence-electron chi connectivity index (χ3n) is 2.84. The second kappa shape index (κ2) is 7.60. The van der Waals surface area contributed by atoms with Gasteiger partial charge in [0.25, 0.3) is 0 Å². The molecule has 1 rings (SSSR count). The van der Waals surface area contributed by atoms with E-state index in [2.05, 4.69) is 10.2 Å². The molecule has 1 unspecified atom stereocenters. The third-order valence-corrected chi connectivity index (χ3v) is 2.84. The molecule has 1 aliphatic rings. The number of hydrogen-bond acceptors (Lipinski definition) is 4. The van der Waals surface area contributed by atoms with Gasteiger partial charge in [-0.25, -0.2) is 0 Å². The molecule has 0 aliphatic carbocycles. The Bertz CT molecular complexity index is 203. The summed E-state index contributed by atoms with van der Waals surface area (Å²) in [5, 5.41) is 3.10. The van der Waals surface area contributed by atoms with Crippen LogP contribution in [-0.4, -0.2) is 56.2 Å². The Balaban J connectivity index is 2.26. The highest BCUT2D eigenvalue weighted by Gasteiger charge is 2.16. The molecule has 3 N–H and O–H groups in total. The van der Waals surface area contributed by atoms with E-state index < -0.39 is 0 Å². The lowest BCUT2D eigenvalue weighted by molar-refractivity contribution is -0.120. The van der Waals surface area contributed by atoms with Crippen molar-refractivity contribution in [1.82, 2.24) is 10.2 Å². The molecule has 5 nitrogen and oxygen atoms in total. The highest BCUT2D eigenvalue weighted by molar-refractivity contribution is 5.79. The SMILES string of the molecule is CCNC(CCN1CCCOCC1)C(N)=O. The van der Waals surface area contributed by atoms with Gasteiger partial charge in [0.1, 0.15) is 0 Å². The van der Waals surface area contributed by atoms with Gasteiger partial charge in [0.15, 0.2) is 0 Å². The molecule has 0 spiro atoms. The van der Waals surface area contributed by atoms with E-state index in [0.29, 0.717) is 0 Å². The van der Waals surface area contributed by atoms with Gasteiger partial charge < -0.3 is 20.7 Å². The lowest BCUT2D eigenvalue weighted by atomic mass is 10.2. The molecule has 1 heterocycles. The molecular formula is C11H23N3O2. The van der Waals surface area contributed by atoms with E-state index in [-0.39, 0.29) is 11.9 Å². The van der Waals surface area contributed by atoms with E-state index in [1.807, 2.05) is 6.92 Å². The van der Waals surface area contributed by atoms with Crippen LogP contribution in [0.1, 0.15) is 19.8 Å². The standard InChI is InChI=1S/C11H23N3O2/c1-2-13-10(11(12)15)4-6-14-5-3-8-16-9-7-14/h10,13H,2-9H2,1H3,(H2,12,15). The fraction of sp³-hybridized carbons (Fsp3) is 0.909. The van der Waals surface area contributed by atoms with E-state index in [1.54, 1.807) is 0 Å². The zero-order valence-electron chi connectivity index (χ0n) is 10.1. The number of rotatable bonds is 6. The molecule has 0 radical (unpaired) electrons. The van der Waals surface area contributed by atoms with E-state index in [1.165, 1.54) is 0 Å². The molecule has 0 aromatic carbocycles. The Morgan fingerprint density at radius 2 is 2.31 bits per heavy atom. The van der Waals surface area contributed by atoms with Crippen molar-refractivity contribution in [2.45, 2.75) is 25.8 Å². The minimum absolute atomic E-state index is 0.200. The molecular weight excluding hydrogens is 206 g/mol. The first-order valence-corrected chi connectivity index (χ1v) is 6.07. The predicted octanol–water partition coefficient (Wildman–Crippen LogP) is -0.438. The van der Waals surface area contributed by atoms with Crippen LogP contribution in [0.25, 0.3) is 0 Å². The molecule has 5 heteroatoms. The van der Waals surface area contributed by atoms with E-state index in [9.17, 15) is 4.79 Å². The van der Waals surface area contributed by atoms with Crippen LogP contribution in [0.2, 0.25) is 0 Å². The van der Waals surface area contributed by atoms with Gasteiger partial charge in [-0.3, -0.25) is 4.79 Å². The van der Waals surface area contributed by atoms with Gasteiger partial charge in [-0.15, -0.1) is 0 Å². The molecule has 0 saturated carbocycles. The zero-order chi connectivity index (χ0) is 11.8. The first-order chi connectivity index (χ1) is 7.74. The maximum Gasteiger partial charge on any atom is 0.234 e. The predicted molar refractivity (Wildman–Crippen MR) is 63.2 cm³/mol. The molecule has 16 heavy (non-hydrogen) atoms. The molecule has 0 aromatic heterocycles. The summed E-state index contributed by atoms with van der Waals surface area (Å²) in [6, 6.07) is -0.200. The maximum absolute atomic E-state index is 11.1. The molecule has 1 atom stereocenters. The average Bonchev–Trinajstić information content (AvgIpc) is 2.52. The van der Waals surface area contributed by atoms with Crippen LogP contribution in [-0.2, 0) is 9.53 Å². The molecule has 1 fully saturated rings. The van der Waals surface area contributed by atoms with Gasteiger partial charge >= 0.3 is 0 Å². The van der Waals surface area contributed by atoms with Gasteiger partial charge in [-0.2, -0.15) is 0 Å². The van der Waals surface area contributed by atoms with Gasteiger partial charge in [0.2, 0.25) is 5.91 Å². The zero-order valence-corrected chi connectivity index (χ0v) is 10.1. The van der Waals surface area contributed by atoms with Crippen molar-refractivity contribution in [3.8, 4) is 0 Å². The second-order valence-corrected chi connectivity index (χ2v) is 4.11. The van der Waals surface area contributed by atoms with Gasteiger partial charge in [0, 0.05) is 26.2 Å². The Kier molecular flexibility index (Phi) is 6.37. The molecule has 1 amide bonds. The topological polar surface area (TPSA) is 67.6 Å². The number of nitrogens with one attached hydrogen (secondary N) is 1. The largest absolute Gasteiger partial charge is 0.380 e. The summed E-state index contributed by atoms with van der Waals surface area (Å²) < 4.78 is 5.38. The van der Waals surface area contributed by atoms with Gasteiger partial charge in [0.05, 0.1) is 12.6 Å². The fourth-order valence-electron chi connectivity index (χ4n) is 1.92. The summed E-state index contributed by atoms with van der Waals surface area (Å²) in [5.74, 6) is -0.257. The number of carbonyl (C=O) groups excluding carboxylic acids is 1. The number of ether oxygens (including phenoxy) is 1. The third kappa shape index (κ3) is 4.92. The Hall–Kier alpha value is -0.650. The number of nitrogens with zero attached hydrogens (tertiary/aromatic N) is 1. The Labute approximate surface area is 97.3 Å². The quantitative estimate of drug-likeness (QED) is 0.648. The molecule has 0 bridgehead atoms. The number of likely N-dealkylation sites (N-methyl/N-ethyl adjacent to an activating group) is 1. The summed E-state index contributed by atoms with van der Waals surface area (Å²) >= 11 is 0. The minimum Gasteiger partial charge on any atom is -0.380 e. The Morgan fingerprint density at radius 3 is 3.00 bits per heavy atom. The Morgan fingerprint density at radius 1 is 1.50 bits per heavy atom. The van der Waals surface area contributed by atoms with E-state index in [0.717, 1.165) is 52.2 Å². The number of primary amides is 1.